The molecule has 0 aliphatic carbocycles. The minimum atomic E-state index is 0.241. The van der Waals surface area contributed by atoms with Crippen molar-refractivity contribution < 1.29 is 4.79 Å². The van der Waals surface area contributed by atoms with E-state index >= 15 is 0 Å². The molecular formula is C12H22N2OS. The lowest BCUT2D eigenvalue weighted by molar-refractivity contribution is -0.128. The van der Waals surface area contributed by atoms with Gasteiger partial charge in [0.05, 0.1) is 12.7 Å². The maximum atomic E-state index is 11.9. The van der Waals surface area contributed by atoms with E-state index in [1.165, 1.54) is 18.6 Å². The van der Waals surface area contributed by atoms with E-state index < -0.39 is 0 Å². The summed E-state index contributed by atoms with van der Waals surface area (Å²) in [5.74, 6) is 2.01. The van der Waals surface area contributed by atoms with Crippen LogP contribution in [-0.2, 0) is 4.79 Å². The van der Waals surface area contributed by atoms with E-state index in [-0.39, 0.29) is 16.8 Å². The summed E-state index contributed by atoms with van der Waals surface area (Å²) in [5.41, 5.74) is 0. The quantitative estimate of drug-likeness (QED) is 0.817. The van der Waals surface area contributed by atoms with Crippen molar-refractivity contribution in [1.82, 2.24) is 10.2 Å². The summed E-state index contributed by atoms with van der Waals surface area (Å²) in [6.07, 6.45) is 2.78. The van der Waals surface area contributed by atoms with Crippen LogP contribution in [0.1, 0.15) is 33.6 Å². The standard InChI is InChI=1S/C12H22N2OS/c1-9(2)11-13-7-10(15)14(11)8-12(3)5-4-6-16-12/h9,11,13H,4-8H2,1-3H3. The molecule has 2 atom stereocenters. The van der Waals surface area contributed by atoms with E-state index in [1.54, 1.807) is 0 Å². The topological polar surface area (TPSA) is 32.3 Å². The molecule has 3 nitrogen and oxygen atoms in total. The van der Waals surface area contributed by atoms with Gasteiger partial charge < -0.3 is 4.90 Å². The zero-order chi connectivity index (χ0) is 11.8. The van der Waals surface area contributed by atoms with Crippen molar-refractivity contribution in [2.45, 2.75) is 44.5 Å². The highest BCUT2D eigenvalue weighted by Crippen LogP contribution is 2.39. The van der Waals surface area contributed by atoms with Gasteiger partial charge in [-0.15, -0.1) is 0 Å². The molecule has 0 aromatic rings. The highest BCUT2D eigenvalue weighted by atomic mass is 32.2. The van der Waals surface area contributed by atoms with Crippen LogP contribution in [0.3, 0.4) is 0 Å². The van der Waals surface area contributed by atoms with Gasteiger partial charge in [0.1, 0.15) is 0 Å². The van der Waals surface area contributed by atoms with Crippen LogP contribution >= 0.6 is 11.8 Å². The highest BCUT2D eigenvalue weighted by Gasteiger charge is 2.39. The Kier molecular flexibility index (Phi) is 3.50. The zero-order valence-corrected chi connectivity index (χ0v) is 11.3. The number of thioether (sulfide) groups is 1. The van der Waals surface area contributed by atoms with Crippen LogP contribution in [0.15, 0.2) is 0 Å². The lowest BCUT2D eigenvalue weighted by Gasteiger charge is -2.34. The number of carbonyl (C=O) groups is 1. The number of nitrogens with one attached hydrogen (secondary N) is 1. The first-order chi connectivity index (χ1) is 7.52. The Morgan fingerprint density at radius 1 is 1.62 bits per heavy atom. The Morgan fingerprint density at radius 3 is 2.94 bits per heavy atom. The van der Waals surface area contributed by atoms with E-state index in [1.807, 2.05) is 11.8 Å². The third-order valence-electron chi connectivity index (χ3n) is 3.56. The second-order valence-electron chi connectivity index (χ2n) is 5.49. The van der Waals surface area contributed by atoms with Crippen molar-refractivity contribution >= 4 is 17.7 Å². The SMILES string of the molecule is CC(C)C1NCC(=O)N1CC1(C)CCCS1. The Morgan fingerprint density at radius 2 is 2.38 bits per heavy atom. The minimum absolute atomic E-state index is 0.241. The number of hydrogen-bond donors (Lipinski definition) is 1. The zero-order valence-electron chi connectivity index (χ0n) is 10.5. The van der Waals surface area contributed by atoms with E-state index in [0.717, 1.165) is 6.54 Å². The molecule has 0 aromatic carbocycles. The van der Waals surface area contributed by atoms with Crippen molar-refractivity contribution in [3.63, 3.8) is 0 Å². The van der Waals surface area contributed by atoms with Crippen molar-refractivity contribution in [3.8, 4) is 0 Å². The third kappa shape index (κ3) is 2.38. The maximum Gasteiger partial charge on any atom is 0.237 e. The van der Waals surface area contributed by atoms with Gasteiger partial charge in [-0.05, 0) is 31.4 Å². The lowest BCUT2D eigenvalue weighted by atomic mass is 10.0. The van der Waals surface area contributed by atoms with Crippen LogP contribution < -0.4 is 5.32 Å². The predicted octanol–water partition coefficient (Wildman–Crippen LogP) is 1.69. The summed E-state index contributed by atoms with van der Waals surface area (Å²) in [7, 11) is 0. The van der Waals surface area contributed by atoms with Crippen LogP contribution in [0.4, 0.5) is 0 Å². The number of rotatable bonds is 3. The van der Waals surface area contributed by atoms with Gasteiger partial charge in [-0.25, -0.2) is 0 Å². The van der Waals surface area contributed by atoms with E-state index in [0.29, 0.717) is 12.5 Å². The molecular weight excluding hydrogens is 220 g/mol. The summed E-state index contributed by atoms with van der Waals surface area (Å²) in [6, 6.07) is 0. The van der Waals surface area contributed by atoms with E-state index in [9.17, 15) is 4.79 Å². The first-order valence-electron chi connectivity index (χ1n) is 6.19. The number of nitrogens with zero attached hydrogens (tertiary/aromatic N) is 1. The third-order valence-corrected chi connectivity index (χ3v) is 5.08. The second kappa shape index (κ2) is 4.57. The molecule has 2 aliphatic heterocycles. The molecule has 0 radical (unpaired) electrons. The molecule has 2 fully saturated rings. The number of amides is 1. The summed E-state index contributed by atoms with van der Waals surface area (Å²) < 4.78 is 0.287. The van der Waals surface area contributed by atoms with Crippen LogP contribution in [0.5, 0.6) is 0 Å². The van der Waals surface area contributed by atoms with E-state index in [4.69, 9.17) is 0 Å². The molecule has 1 amide bonds. The fourth-order valence-corrected chi connectivity index (χ4v) is 3.96. The summed E-state index contributed by atoms with van der Waals surface area (Å²) >= 11 is 2.03. The summed E-state index contributed by atoms with van der Waals surface area (Å²) in [6.45, 7) is 8.07. The molecule has 1 N–H and O–H groups in total. The number of hydrogen-bond acceptors (Lipinski definition) is 3. The van der Waals surface area contributed by atoms with Gasteiger partial charge in [-0.2, -0.15) is 11.8 Å². The van der Waals surface area contributed by atoms with Gasteiger partial charge in [0.2, 0.25) is 5.91 Å². The van der Waals surface area contributed by atoms with Crippen molar-refractivity contribution in [3.05, 3.63) is 0 Å². The van der Waals surface area contributed by atoms with Crippen LogP contribution in [-0.4, -0.2) is 40.6 Å². The van der Waals surface area contributed by atoms with E-state index in [2.05, 4.69) is 31.0 Å². The van der Waals surface area contributed by atoms with Gasteiger partial charge >= 0.3 is 0 Å². The molecule has 4 heteroatoms. The van der Waals surface area contributed by atoms with Crippen LogP contribution in [0.25, 0.3) is 0 Å². The van der Waals surface area contributed by atoms with Crippen molar-refractivity contribution in [2.75, 3.05) is 18.8 Å². The molecule has 92 valence electrons. The van der Waals surface area contributed by atoms with Gasteiger partial charge in [-0.1, -0.05) is 13.8 Å². The van der Waals surface area contributed by atoms with Crippen molar-refractivity contribution in [2.24, 2.45) is 5.92 Å². The van der Waals surface area contributed by atoms with Gasteiger partial charge in [0.25, 0.3) is 0 Å². The normalized spacial score (nSPS) is 35.4. The molecule has 2 unspecified atom stereocenters. The molecule has 2 heterocycles. The predicted molar refractivity (Wildman–Crippen MR) is 68.4 cm³/mol. The minimum Gasteiger partial charge on any atom is -0.324 e. The maximum absolute atomic E-state index is 11.9. The average Bonchev–Trinajstić information content (AvgIpc) is 2.76. The summed E-state index contributed by atoms with van der Waals surface area (Å²) in [4.78, 5) is 13.9. The first-order valence-corrected chi connectivity index (χ1v) is 7.17. The second-order valence-corrected chi connectivity index (χ2v) is 7.18. The van der Waals surface area contributed by atoms with Gasteiger partial charge in [0.15, 0.2) is 0 Å². The van der Waals surface area contributed by atoms with Gasteiger partial charge in [0, 0.05) is 11.3 Å². The largest absolute Gasteiger partial charge is 0.324 e. The Labute approximate surface area is 102 Å². The summed E-state index contributed by atoms with van der Waals surface area (Å²) in [5, 5.41) is 3.31. The lowest BCUT2D eigenvalue weighted by Crippen LogP contribution is -2.47. The molecule has 0 aromatic heterocycles. The molecule has 2 aliphatic rings. The molecule has 2 saturated heterocycles. The molecule has 2 rings (SSSR count). The fraction of sp³-hybridized carbons (Fsp3) is 0.917. The monoisotopic (exact) mass is 242 g/mol. The molecule has 0 saturated carbocycles. The van der Waals surface area contributed by atoms with Gasteiger partial charge in [-0.3, -0.25) is 10.1 Å². The highest BCUT2D eigenvalue weighted by molar-refractivity contribution is 8.00. The van der Waals surface area contributed by atoms with Crippen LogP contribution in [0.2, 0.25) is 0 Å². The Balaban J connectivity index is 2.03. The smallest absolute Gasteiger partial charge is 0.237 e. The number of carbonyl (C=O) groups excluding carboxylic acids is 1. The fourth-order valence-electron chi connectivity index (χ4n) is 2.66. The van der Waals surface area contributed by atoms with Crippen LogP contribution in [0, 0.1) is 5.92 Å². The Hall–Kier alpha value is -0.220. The molecule has 0 bridgehead atoms. The molecule has 16 heavy (non-hydrogen) atoms. The first kappa shape index (κ1) is 12.2. The Bertz CT molecular complexity index is 274. The van der Waals surface area contributed by atoms with Crippen molar-refractivity contribution in [1.29, 1.82) is 0 Å². The molecule has 0 spiro atoms. The average molecular weight is 242 g/mol.